The lowest BCUT2D eigenvalue weighted by Crippen LogP contribution is -2.26. The summed E-state index contributed by atoms with van der Waals surface area (Å²) in [5.41, 5.74) is 9.31. The highest BCUT2D eigenvalue weighted by molar-refractivity contribution is 5.86. The third kappa shape index (κ3) is 5.20. The van der Waals surface area contributed by atoms with Crippen LogP contribution in [0.2, 0.25) is 0 Å². The molecule has 7 nitrogen and oxygen atoms in total. The van der Waals surface area contributed by atoms with E-state index in [0.717, 1.165) is 34.3 Å². The number of hydrogen-bond acceptors (Lipinski definition) is 5. The van der Waals surface area contributed by atoms with Crippen LogP contribution in [0.25, 0.3) is 11.0 Å². The number of nitrogens with zero attached hydrogens (tertiary/aromatic N) is 3. The van der Waals surface area contributed by atoms with E-state index in [1.54, 1.807) is 11.8 Å². The number of halogens is 2. The summed E-state index contributed by atoms with van der Waals surface area (Å²) in [5, 5.41) is 8.13. The molecule has 0 atom stereocenters. The average molecular weight is 392 g/mol. The predicted octanol–water partition coefficient (Wildman–Crippen LogP) is 1.83. The number of rotatable bonds is 7. The lowest BCUT2D eigenvalue weighted by Gasteiger charge is -2.11. The third-order valence-corrected chi connectivity index (χ3v) is 4.02. The van der Waals surface area contributed by atoms with Gasteiger partial charge in [0.15, 0.2) is 5.65 Å². The summed E-state index contributed by atoms with van der Waals surface area (Å²) in [7, 11) is 3.45. The molecule has 0 aliphatic rings. The Morgan fingerprint density at radius 1 is 1.32 bits per heavy atom. The minimum atomic E-state index is 0. The number of carbonyl (C=O) groups excluding carboxylic acids is 1. The van der Waals surface area contributed by atoms with Crippen molar-refractivity contribution < 1.29 is 9.53 Å². The summed E-state index contributed by atoms with van der Waals surface area (Å²) in [6.45, 7) is 5.21. The van der Waals surface area contributed by atoms with Crippen LogP contribution < -0.4 is 15.8 Å². The summed E-state index contributed by atoms with van der Waals surface area (Å²) in [6, 6.07) is 0. The van der Waals surface area contributed by atoms with Crippen LogP contribution >= 0.6 is 24.8 Å². The molecule has 0 aliphatic carbocycles. The minimum absolute atomic E-state index is 0. The number of pyridine rings is 1. The van der Waals surface area contributed by atoms with Crippen LogP contribution in [0.15, 0.2) is 0 Å². The summed E-state index contributed by atoms with van der Waals surface area (Å²) < 4.78 is 7.07. The second-order valence-corrected chi connectivity index (χ2v) is 5.62. The zero-order valence-electron chi connectivity index (χ0n) is 15.1. The van der Waals surface area contributed by atoms with Gasteiger partial charge in [0, 0.05) is 25.7 Å². The molecule has 0 unspecified atom stereocenters. The summed E-state index contributed by atoms with van der Waals surface area (Å²) in [5.74, 6) is 0.608. The zero-order valence-corrected chi connectivity index (χ0v) is 16.7. The van der Waals surface area contributed by atoms with Crippen molar-refractivity contribution in [2.45, 2.75) is 33.1 Å². The first-order valence-corrected chi connectivity index (χ1v) is 7.83. The van der Waals surface area contributed by atoms with Gasteiger partial charge in [0.25, 0.3) is 0 Å². The summed E-state index contributed by atoms with van der Waals surface area (Å²) in [4.78, 5) is 16.5. The largest absolute Gasteiger partial charge is 0.479 e. The molecule has 1 amide bonds. The van der Waals surface area contributed by atoms with Crippen molar-refractivity contribution in [3.63, 3.8) is 0 Å². The molecule has 0 aliphatic heterocycles. The average Bonchev–Trinajstić information content (AvgIpc) is 2.83. The van der Waals surface area contributed by atoms with Gasteiger partial charge >= 0.3 is 0 Å². The highest BCUT2D eigenvalue weighted by atomic mass is 35.5. The van der Waals surface area contributed by atoms with Crippen molar-refractivity contribution in [3.8, 4) is 5.88 Å². The van der Waals surface area contributed by atoms with Crippen LogP contribution in [0.3, 0.4) is 0 Å². The highest BCUT2D eigenvalue weighted by Gasteiger charge is 2.18. The molecule has 2 rings (SSSR count). The first-order chi connectivity index (χ1) is 11.0. The lowest BCUT2D eigenvalue weighted by molar-refractivity contribution is -0.121. The van der Waals surface area contributed by atoms with Gasteiger partial charge in [-0.2, -0.15) is 0 Å². The second-order valence-electron chi connectivity index (χ2n) is 5.62. The smallest absolute Gasteiger partial charge is 0.242 e. The van der Waals surface area contributed by atoms with Crippen LogP contribution in [0.4, 0.5) is 0 Å². The lowest BCUT2D eigenvalue weighted by atomic mass is 10.00. The van der Waals surface area contributed by atoms with E-state index in [1.807, 2.05) is 20.9 Å². The summed E-state index contributed by atoms with van der Waals surface area (Å²) >= 11 is 0. The van der Waals surface area contributed by atoms with Gasteiger partial charge in [-0.3, -0.25) is 4.79 Å². The number of methoxy groups -OCH3 is 1. The topological polar surface area (TPSA) is 95.1 Å². The predicted molar refractivity (Wildman–Crippen MR) is 104 cm³/mol. The molecule has 0 bridgehead atoms. The van der Waals surface area contributed by atoms with Crippen LogP contribution in [0.1, 0.15) is 29.7 Å². The Labute approximate surface area is 160 Å². The van der Waals surface area contributed by atoms with E-state index >= 15 is 0 Å². The second kappa shape index (κ2) is 10.4. The molecule has 25 heavy (non-hydrogen) atoms. The Kier molecular flexibility index (Phi) is 9.77. The fraction of sp³-hybridized carbons (Fsp3) is 0.562. The van der Waals surface area contributed by atoms with Crippen LogP contribution in [-0.4, -0.2) is 40.9 Å². The van der Waals surface area contributed by atoms with Gasteiger partial charge in [-0.05, 0) is 44.4 Å². The minimum Gasteiger partial charge on any atom is -0.479 e. The number of ether oxygens (including phenoxy) is 1. The molecule has 3 N–H and O–H groups in total. The maximum Gasteiger partial charge on any atom is 0.242 e. The standard InChI is InChI=1S/C16H25N5O2.2ClH/c1-10-12(6-7-13(22)18-9-5-8-17)11(2)19-15-14(10)16(23-4)20-21(15)3;;/h5-9,17H2,1-4H3,(H,18,22);2*1H. The molecule has 0 saturated carbocycles. The van der Waals surface area contributed by atoms with Crippen molar-refractivity contribution in [2.24, 2.45) is 12.8 Å². The number of hydrogen-bond donors (Lipinski definition) is 2. The van der Waals surface area contributed by atoms with Crippen molar-refractivity contribution in [1.82, 2.24) is 20.1 Å². The Morgan fingerprint density at radius 3 is 2.60 bits per heavy atom. The Balaban J connectivity index is 0.00000288. The molecule has 0 spiro atoms. The Bertz CT molecular complexity index is 718. The van der Waals surface area contributed by atoms with E-state index in [2.05, 4.69) is 15.4 Å². The van der Waals surface area contributed by atoms with Gasteiger partial charge in [0.1, 0.15) is 0 Å². The summed E-state index contributed by atoms with van der Waals surface area (Å²) in [6.07, 6.45) is 1.87. The van der Waals surface area contributed by atoms with E-state index in [0.29, 0.717) is 31.8 Å². The Morgan fingerprint density at radius 2 is 2.00 bits per heavy atom. The molecule has 0 fully saturated rings. The van der Waals surface area contributed by atoms with Gasteiger partial charge < -0.3 is 15.8 Å². The molecule has 2 aromatic rings. The normalized spacial score (nSPS) is 10.1. The van der Waals surface area contributed by atoms with Crippen molar-refractivity contribution in [1.29, 1.82) is 0 Å². The molecule has 0 radical (unpaired) electrons. The van der Waals surface area contributed by atoms with E-state index < -0.39 is 0 Å². The molecule has 0 aromatic carbocycles. The number of carbonyl (C=O) groups is 1. The number of amides is 1. The molecule has 142 valence electrons. The van der Waals surface area contributed by atoms with Gasteiger partial charge in [-0.15, -0.1) is 29.9 Å². The molecule has 2 heterocycles. The fourth-order valence-electron chi connectivity index (χ4n) is 2.76. The van der Waals surface area contributed by atoms with Crippen molar-refractivity contribution in [2.75, 3.05) is 20.2 Å². The van der Waals surface area contributed by atoms with Gasteiger partial charge in [0.05, 0.1) is 12.5 Å². The van der Waals surface area contributed by atoms with E-state index in [9.17, 15) is 4.79 Å². The van der Waals surface area contributed by atoms with Gasteiger partial charge in [-0.25, -0.2) is 9.67 Å². The van der Waals surface area contributed by atoms with Gasteiger partial charge in [-0.1, -0.05) is 0 Å². The van der Waals surface area contributed by atoms with Crippen LogP contribution in [0.5, 0.6) is 5.88 Å². The SMILES string of the molecule is COc1nn(C)c2nc(C)c(CCC(=O)NCCCN)c(C)c12.Cl.Cl. The first-order valence-electron chi connectivity index (χ1n) is 7.83. The number of aromatic nitrogens is 3. The molecule has 2 aromatic heterocycles. The van der Waals surface area contributed by atoms with E-state index in [4.69, 9.17) is 10.5 Å². The van der Waals surface area contributed by atoms with E-state index in [1.165, 1.54) is 0 Å². The number of nitrogens with one attached hydrogen (secondary N) is 1. The zero-order chi connectivity index (χ0) is 17.0. The number of nitrogens with two attached hydrogens (primary N) is 1. The highest BCUT2D eigenvalue weighted by Crippen LogP contribution is 2.30. The van der Waals surface area contributed by atoms with Crippen molar-refractivity contribution in [3.05, 3.63) is 16.8 Å². The molecular weight excluding hydrogens is 365 g/mol. The van der Waals surface area contributed by atoms with Gasteiger partial charge in [0.2, 0.25) is 11.8 Å². The monoisotopic (exact) mass is 391 g/mol. The molecule has 0 saturated heterocycles. The van der Waals surface area contributed by atoms with Crippen LogP contribution in [0, 0.1) is 13.8 Å². The first kappa shape index (κ1) is 23.4. The van der Waals surface area contributed by atoms with E-state index in [-0.39, 0.29) is 30.7 Å². The number of aryl methyl sites for hydroxylation is 3. The molecule has 9 heteroatoms. The van der Waals surface area contributed by atoms with Crippen molar-refractivity contribution >= 4 is 41.8 Å². The maximum atomic E-state index is 11.9. The van der Waals surface area contributed by atoms with Crippen LogP contribution in [-0.2, 0) is 18.3 Å². The maximum absolute atomic E-state index is 11.9. The number of fused-ring (bicyclic) bond motifs is 1. The molecular formula is C16H27Cl2N5O2. The Hall–Kier alpha value is -1.57. The quantitative estimate of drug-likeness (QED) is 0.701. The fourth-order valence-corrected chi connectivity index (χ4v) is 2.76. The third-order valence-electron chi connectivity index (χ3n) is 4.02.